The molecule has 0 unspecified atom stereocenters. The van der Waals surface area contributed by atoms with Crippen LogP contribution in [0.15, 0.2) is 35.3 Å². The Labute approximate surface area is 116 Å². The van der Waals surface area contributed by atoms with Crippen molar-refractivity contribution in [1.29, 1.82) is 0 Å². The zero-order valence-corrected chi connectivity index (χ0v) is 12.1. The number of guanidine groups is 1. The van der Waals surface area contributed by atoms with Gasteiger partial charge in [-0.2, -0.15) is 0 Å². The van der Waals surface area contributed by atoms with Crippen LogP contribution in [0.5, 0.6) is 0 Å². The summed E-state index contributed by atoms with van der Waals surface area (Å²) in [6.45, 7) is 9.05. The highest BCUT2D eigenvalue weighted by Crippen LogP contribution is 1.99. The number of nitrogens with zero attached hydrogens (tertiary/aromatic N) is 1. The van der Waals surface area contributed by atoms with Crippen LogP contribution < -0.4 is 10.6 Å². The number of aliphatic imine (C=N–C) groups is 1. The summed E-state index contributed by atoms with van der Waals surface area (Å²) >= 11 is 0. The van der Waals surface area contributed by atoms with Crippen LogP contribution >= 0.6 is 0 Å². The molecule has 0 fully saturated rings. The second-order valence-corrected chi connectivity index (χ2v) is 4.60. The van der Waals surface area contributed by atoms with Gasteiger partial charge in [-0.3, -0.25) is 4.99 Å². The quantitative estimate of drug-likeness (QED) is 0.450. The Kier molecular flexibility index (Phi) is 7.66. The number of rotatable bonds is 7. The van der Waals surface area contributed by atoms with E-state index in [2.05, 4.69) is 48.5 Å². The molecule has 1 aromatic carbocycles. The predicted molar refractivity (Wildman–Crippen MR) is 80.3 cm³/mol. The summed E-state index contributed by atoms with van der Waals surface area (Å²) in [7, 11) is 0. The van der Waals surface area contributed by atoms with Crippen molar-refractivity contribution in [1.82, 2.24) is 10.6 Å². The summed E-state index contributed by atoms with van der Waals surface area (Å²) in [6.07, 6.45) is 0. The fraction of sp³-hybridized carbons (Fsp3) is 0.533. The molecule has 0 aliphatic carbocycles. The SMILES string of the molecule is CCNC(=NCCOCc1ccccc1)NC(C)C. The van der Waals surface area contributed by atoms with Gasteiger partial charge in [0, 0.05) is 12.6 Å². The van der Waals surface area contributed by atoms with Crippen molar-refractivity contribution in [3.63, 3.8) is 0 Å². The summed E-state index contributed by atoms with van der Waals surface area (Å²) in [5.41, 5.74) is 1.19. The highest BCUT2D eigenvalue weighted by atomic mass is 16.5. The normalized spacial score (nSPS) is 11.7. The van der Waals surface area contributed by atoms with Gasteiger partial charge < -0.3 is 15.4 Å². The van der Waals surface area contributed by atoms with E-state index in [1.165, 1.54) is 5.56 Å². The summed E-state index contributed by atoms with van der Waals surface area (Å²) in [5.74, 6) is 0.848. The smallest absolute Gasteiger partial charge is 0.191 e. The topological polar surface area (TPSA) is 45.7 Å². The van der Waals surface area contributed by atoms with Crippen molar-refractivity contribution < 1.29 is 4.74 Å². The molecule has 0 aromatic heterocycles. The van der Waals surface area contributed by atoms with Gasteiger partial charge in [-0.1, -0.05) is 30.3 Å². The second kappa shape index (κ2) is 9.39. The van der Waals surface area contributed by atoms with E-state index in [0.717, 1.165) is 12.5 Å². The third-order valence-corrected chi connectivity index (χ3v) is 2.39. The lowest BCUT2D eigenvalue weighted by atomic mass is 10.2. The lowest BCUT2D eigenvalue weighted by Gasteiger charge is -2.13. The van der Waals surface area contributed by atoms with Crippen molar-refractivity contribution in [2.45, 2.75) is 33.4 Å². The molecule has 0 heterocycles. The van der Waals surface area contributed by atoms with Gasteiger partial charge in [0.2, 0.25) is 0 Å². The van der Waals surface area contributed by atoms with E-state index in [1.54, 1.807) is 0 Å². The van der Waals surface area contributed by atoms with E-state index in [-0.39, 0.29) is 0 Å². The van der Waals surface area contributed by atoms with Gasteiger partial charge in [0.1, 0.15) is 0 Å². The monoisotopic (exact) mass is 263 g/mol. The van der Waals surface area contributed by atoms with Crippen molar-refractivity contribution in [2.24, 2.45) is 4.99 Å². The fourth-order valence-electron chi connectivity index (χ4n) is 1.58. The van der Waals surface area contributed by atoms with E-state index in [9.17, 15) is 0 Å². The molecule has 106 valence electrons. The first-order valence-corrected chi connectivity index (χ1v) is 6.89. The molecule has 0 atom stereocenters. The van der Waals surface area contributed by atoms with Gasteiger partial charge >= 0.3 is 0 Å². The maximum absolute atomic E-state index is 5.59. The molecule has 0 saturated carbocycles. The molecule has 1 aromatic rings. The number of benzene rings is 1. The van der Waals surface area contributed by atoms with Crippen LogP contribution in [-0.4, -0.2) is 31.7 Å². The molecule has 4 heteroatoms. The molecule has 4 nitrogen and oxygen atoms in total. The van der Waals surface area contributed by atoms with E-state index in [1.807, 2.05) is 18.2 Å². The van der Waals surface area contributed by atoms with Crippen LogP contribution in [0.3, 0.4) is 0 Å². The standard InChI is InChI=1S/C15H25N3O/c1-4-16-15(18-13(2)3)17-10-11-19-12-14-8-6-5-7-9-14/h5-9,13H,4,10-12H2,1-3H3,(H2,16,17,18). The zero-order valence-electron chi connectivity index (χ0n) is 12.1. The van der Waals surface area contributed by atoms with Gasteiger partial charge in [0.05, 0.1) is 19.8 Å². The number of ether oxygens (including phenoxy) is 1. The fourth-order valence-corrected chi connectivity index (χ4v) is 1.58. The maximum atomic E-state index is 5.59. The maximum Gasteiger partial charge on any atom is 0.191 e. The van der Waals surface area contributed by atoms with Gasteiger partial charge in [-0.05, 0) is 26.3 Å². The highest BCUT2D eigenvalue weighted by molar-refractivity contribution is 5.79. The highest BCUT2D eigenvalue weighted by Gasteiger charge is 1.98. The average molecular weight is 263 g/mol. The molecule has 0 radical (unpaired) electrons. The molecule has 0 amide bonds. The van der Waals surface area contributed by atoms with Crippen molar-refractivity contribution >= 4 is 5.96 Å². The van der Waals surface area contributed by atoms with E-state index >= 15 is 0 Å². The second-order valence-electron chi connectivity index (χ2n) is 4.60. The van der Waals surface area contributed by atoms with Crippen LogP contribution in [0.1, 0.15) is 26.3 Å². The van der Waals surface area contributed by atoms with Crippen molar-refractivity contribution in [2.75, 3.05) is 19.7 Å². The van der Waals surface area contributed by atoms with Gasteiger partial charge in [0.25, 0.3) is 0 Å². The van der Waals surface area contributed by atoms with Gasteiger partial charge in [-0.15, -0.1) is 0 Å². The number of hydrogen-bond acceptors (Lipinski definition) is 2. The van der Waals surface area contributed by atoms with Crippen LogP contribution in [0.25, 0.3) is 0 Å². The molecule has 19 heavy (non-hydrogen) atoms. The molecule has 2 N–H and O–H groups in total. The number of nitrogens with one attached hydrogen (secondary N) is 2. The minimum atomic E-state index is 0.378. The number of hydrogen-bond donors (Lipinski definition) is 2. The lowest BCUT2D eigenvalue weighted by Crippen LogP contribution is -2.41. The van der Waals surface area contributed by atoms with Gasteiger partial charge in [0.15, 0.2) is 5.96 Å². The molecule has 0 bridgehead atoms. The first-order valence-electron chi connectivity index (χ1n) is 6.89. The Morgan fingerprint density at radius 1 is 1.26 bits per heavy atom. The Balaban J connectivity index is 2.23. The Morgan fingerprint density at radius 3 is 2.63 bits per heavy atom. The van der Waals surface area contributed by atoms with Crippen LogP contribution in [0.2, 0.25) is 0 Å². The Hall–Kier alpha value is -1.55. The first-order chi connectivity index (χ1) is 9.22. The van der Waals surface area contributed by atoms with E-state index in [4.69, 9.17) is 4.74 Å². The Bertz CT molecular complexity index is 363. The van der Waals surface area contributed by atoms with Crippen molar-refractivity contribution in [3.05, 3.63) is 35.9 Å². The molecule has 0 aliphatic heterocycles. The van der Waals surface area contributed by atoms with E-state index < -0.39 is 0 Å². The minimum absolute atomic E-state index is 0.378. The minimum Gasteiger partial charge on any atom is -0.375 e. The largest absolute Gasteiger partial charge is 0.375 e. The molecule has 0 spiro atoms. The van der Waals surface area contributed by atoms with E-state index in [0.29, 0.717) is 25.8 Å². The summed E-state index contributed by atoms with van der Waals surface area (Å²) in [5, 5.41) is 6.48. The third-order valence-electron chi connectivity index (χ3n) is 2.39. The van der Waals surface area contributed by atoms with Crippen molar-refractivity contribution in [3.8, 4) is 0 Å². The Morgan fingerprint density at radius 2 is 2.00 bits per heavy atom. The predicted octanol–water partition coefficient (Wildman–Crippen LogP) is 2.17. The lowest BCUT2D eigenvalue weighted by molar-refractivity contribution is 0.128. The summed E-state index contributed by atoms with van der Waals surface area (Å²) < 4.78 is 5.59. The molecular weight excluding hydrogens is 238 g/mol. The summed E-state index contributed by atoms with van der Waals surface area (Å²) in [6, 6.07) is 10.6. The molecule has 0 aliphatic rings. The molecular formula is C15H25N3O. The molecule has 1 rings (SSSR count). The zero-order chi connectivity index (χ0) is 13.9. The van der Waals surface area contributed by atoms with Crippen LogP contribution in [0, 0.1) is 0 Å². The first kappa shape index (κ1) is 15.5. The van der Waals surface area contributed by atoms with Crippen LogP contribution in [-0.2, 0) is 11.3 Å². The third kappa shape index (κ3) is 7.47. The van der Waals surface area contributed by atoms with Crippen LogP contribution in [0.4, 0.5) is 0 Å². The van der Waals surface area contributed by atoms with Gasteiger partial charge in [-0.25, -0.2) is 0 Å². The average Bonchev–Trinajstić information content (AvgIpc) is 2.39. The summed E-state index contributed by atoms with van der Waals surface area (Å²) in [4.78, 5) is 4.45. The molecule has 0 saturated heterocycles.